The largest absolute Gasteiger partial charge is 0.399 e. The first kappa shape index (κ1) is 13.3. The minimum atomic E-state index is -3.81. The average Bonchev–Trinajstić information content (AvgIpc) is 2.27. The Morgan fingerprint density at radius 1 is 1.26 bits per heavy atom. The predicted molar refractivity (Wildman–Crippen MR) is 70.6 cm³/mol. The molecule has 0 unspecified atom stereocenters. The number of hydrogen-bond acceptors (Lipinski definition) is 4. The number of anilines is 2. The van der Waals surface area contributed by atoms with Crippen molar-refractivity contribution in [1.29, 1.82) is 0 Å². The lowest BCUT2D eigenvalue weighted by Gasteiger charge is -2.10. The van der Waals surface area contributed by atoms with Crippen molar-refractivity contribution in [2.24, 2.45) is 0 Å². The molecule has 0 saturated carbocycles. The number of benzene rings is 1. The zero-order valence-electron chi connectivity index (χ0n) is 10.1. The predicted octanol–water partition coefficient (Wildman–Crippen LogP) is 1.91. The van der Waals surface area contributed by atoms with Crippen LogP contribution in [0.2, 0.25) is 0 Å². The smallest absolute Gasteiger partial charge is 0.263 e. The van der Waals surface area contributed by atoms with E-state index in [0.29, 0.717) is 11.3 Å². The van der Waals surface area contributed by atoms with Gasteiger partial charge in [0.2, 0.25) is 5.95 Å². The van der Waals surface area contributed by atoms with Crippen LogP contribution in [0.15, 0.2) is 41.3 Å². The minimum Gasteiger partial charge on any atom is -0.399 e. The maximum Gasteiger partial charge on any atom is 0.263 e. The van der Waals surface area contributed by atoms with E-state index < -0.39 is 16.0 Å². The molecule has 0 amide bonds. The second kappa shape index (κ2) is 4.85. The standard InChI is InChI=1S/C12H12FN3O2S/c1-8-7-9(14)5-6-10(8)19(17,18)16-12-4-2-3-11(13)15-12/h2-7H,14H2,1H3,(H,15,16). The van der Waals surface area contributed by atoms with Gasteiger partial charge < -0.3 is 5.73 Å². The van der Waals surface area contributed by atoms with Gasteiger partial charge >= 0.3 is 0 Å². The molecule has 0 bridgehead atoms. The fraction of sp³-hybridized carbons (Fsp3) is 0.0833. The Morgan fingerprint density at radius 2 is 2.00 bits per heavy atom. The van der Waals surface area contributed by atoms with E-state index in [0.717, 1.165) is 6.07 Å². The zero-order valence-corrected chi connectivity index (χ0v) is 10.9. The zero-order chi connectivity index (χ0) is 14.0. The Bertz CT molecular complexity index is 717. The summed E-state index contributed by atoms with van der Waals surface area (Å²) >= 11 is 0. The third kappa shape index (κ3) is 3.00. The van der Waals surface area contributed by atoms with E-state index in [9.17, 15) is 12.8 Å². The van der Waals surface area contributed by atoms with Gasteiger partial charge in [-0.3, -0.25) is 4.72 Å². The van der Waals surface area contributed by atoms with Crippen molar-refractivity contribution in [2.75, 3.05) is 10.5 Å². The van der Waals surface area contributed by atoms with E-state index in [4.69, 9.17) is 5.73 Å². The van der Waals surface area contributed by atoms with Crippen molar-refractivity contribution < 1.29 is 12.8 Å². The van der Waals surface area contributed by atoms with Gasteiger partial charge in [0.15, 0.2) is 0 Å². The third-order valence-corrected chi connectivity index (χ3v) is 3.96. The highest BCUT2D eigenvalue weighted by atomic mass is 32.2. The summed E-state index contributed by atoms with van der Waals surface area (Å²) in [6.45, 7) is 1.63. The topological polar surface area (TPSA) is 85.1 Å². The van der Waals surface area contributed by atoms with Gasteiger partial charge in [-0.2, -0.15) is 4.39 Å². The van der Waals surface area contributed by atoms with Gasteiger partial charge in [0.05, 0.1) is 4.90 Å². The average molecular weight is 281 g/mol. The van der Waals surface area contributed by atoms with Crippen molar-refractivity contribution in [1.82, 2.24) is 4.98 Å². The van der Waals surface area contributed by atoms with Crippen LogP contribution in [0.5, 0.6) is 0 Å². The summed E-state index contributed by atoms with van der Waals surface area (Å²) < 4.78 is 39.4. The number of pyridine rings is 1. The number of nitrogens with two attached hydrogens (primary N) is 1. The quantitative estimate of drug-likeness (QED) is 0.665. The Labute approximate surface area is 110 Å². The van der Waals surface area contributed by atoms with E-state index in [-0.39, 0.29) is 10.7 Å². The summed E-state index contributed by atoms with van der Waals surface area (Å²) in [4.78, 5) is 3.53. The number of hydrogen-bond donors (Lipinski definition) is 2. The molecular weight excluding hydrogens is 269 g/mol. The molecule has 5 nitrogen and oxygen atoms in total. The lowest BCUT2D eigenvalue weighted by Crippen LogP contribution is -2.15. The van der Waals surface area contributed by atoms with Gasteiger partial charge in [0, 0.05) is 5.69 Å². The third-order valence-electron chi connectivity index (χ3n) is 2.44. The van der Waals surface area contributed by atoms with Crippen molar-refractivity contribution in [2.45, 2.75) is 11.8 Å². The molecule has 0 spiro atoms. The molecule has 2 rings (SSSR count). The molecule has 0 radical (unpaired) electrons. The first-order valence-corrected chi connectivity index (χ1v) is 6.88. The Balaban J connectivity index is 2.38. The number of sulfonamides is 1. The lowest BCUT2D eigenvalue weighted by molar-refractivity contribution is 0.584. The molecule has 0 atom stereocenters. The second-order valence-electron chi connectivity index (χ2n) is 3.98. The lowest BCUT2D eigenvalue weighted by atomic mass is 10.2. The Morgan fingerprint density at radius 3 is 2.63 bits per heavy atom. The summed E-state index contributed by atoms with van der Waals surface area (Å²) in [5.41, 5.74) is 6.54. The molecule has 1 aromatic carbocycles. The van der Waals surface area contributed by atoms with E-state index >= 15 is 0 Å². The molecular formula is C12H12FN3O2S. The van der Waals surface area contributed by atoms with E-state index in [1.54, 1.807) is 13.0 Å². The SMILES string of the molecule is Cc1cc(N)ccc1S(=O)(=O)Nc1cccc(F)n1. The second-order valence-corrected chi connectivity index (χ2v) is 5.63. The Kier molecular flexibility index (Phi) is 3.39. The highest BCUT2D eigenvalue weighted by Gasteiger charge is 2.17. The molecule has 0 aliphatic rings. The van der Waals surface area contributed by atoms with Crippen molar-refractivity contribution >= 4 is 21.5 Å². The fourth-order valence-electron chi connectivity index (χ4n) is 1.63. The van der Waals surface area contributed by atoms with Crippen LogP contribution < -0.4 is 10.5 Å². The Hall–Kier alpha value is -2.15. The summed E-state index contributed by atoms with van der Waals surface area (Å²) in [5.74, 6) is -0.828. The number of nitrogens with one attached hydrogen (secondary N) is 1. The van der Waals surface area contributed by atoms with Gasteiger partial charge in [-0.05, 0) is 42.8 Å². The van der Waals surface area contributed by atoms with Gasteiger partial charge in [-0.15, -0.1) is 0 Å². The van der Waals surface area contributed by atoms with E-state index in [2.05, 4.69) is 9.71 Å². The number of aromatic nitrogens is 1. The molecule has 2 aromatic rings. The molecule has 19 heavy (non-hydrogen) atoms. The first-order valence-electron chi connectivity index (χ1n) is 5.40. The molecule has 0 aliphatic heterocycles. The summed E-state index contributed by atoms with van der Waals surface area (Å²) in [6, 6.07) is 8.30. The molecule has 0 fully saturated rings. The summed E-state index contributed by atoms with van der Waals surface area (Å²) in [5, 5.41) is 0. The van der Waals surface area contributed by atoms with Gasteiger partial charge in [0.1, 0.15) is 5.82 Å². The van der Waals surface area contributed by atoms with Gasteiger partial charge in [-0.25, -0.2) is 13.4 Å². The number of halogens is 1. The monoisotopic (exact) mass is 281 g/mol. The number of nitrogens with zero attached hydrogens (tertiary/aromatic N) is 1. The minimum absolute atomic E-state index is 0.0729. The highest BCUT2D eigenvalue weighted by Crippen LogP contribution is 2.20. The van der Waals surface area contributed by atoms with Gasteiger partial charge in [0.25, 0.3) is 10.0 Å². The van der Waals surface area contributed by atoms with Crippen molar-refractivity contribution in [3.8, 4) is 0 Å². The fourth-order valence-corrected chi connectivity index (χ4v) is 2.86. The van der Waals surface area contributed by atoms with Gasteiger partial charge in [-0.1, -0.05) is 6.07 Å². The molecule has 0 saturated heterocycles. The normalized spacial score (nSPS) is 11.3. The van der Waals surface area contributed by atoms with Crippen LogP contribution in [0.1, 0.15) is 5.56 Å². The maximum absolute atomic E-state index is 12.9. The molecule has 3 N–H and O–H groups in total. The maximum atomic E-state index is 12.9. The first-order chi connectivity index (χ1) is 8.88. The molecule has 7 heteroatoms. The number of aryl methyl sites for hydroxylation is 1. The summed E-state index contributed by atoms with van der Waals surface area (Å²) in [7, 11) is -3.81. The van der Waals surface area contributed by atoms with Crippen LogP contribution in [-0.2, 0) is 10.0 Å². The summed E-state index contributed by atoms with van der Waals surface area (Å²) in [6.07, 6.45) is 0. The van der Waals surface area contributed by atoms with Crippen LogP contribution >= 0.6 is 0 Å². The molecule has 1 heterocycles. The molecule has 0 aliphatic carbocycles. The number of rotatable bonds is 3. The highest BCUT2D eigenvalue weighted by molar-refractivity contribution is 7.92. The van der Waals surface area contributed by atoms with Crippen molar-refractivity contribution in [3.05, 3.63) is 47.9 Å². The molecule has 1 aromatic heterocycles. The molecule has 100 valence electrons. The van der Waals surface area contributed by atoms with Crippen LogP contribution in [0.4, 0.5) is 15.9 Å². The van der Waals surface area contributed by atoms with E-state index in [1.165, 1.54) is 24.3 Å². The van der Waals surface area contributed by atoms with Crippen LogP contribution in [0.3, 0.4) is 0 Å². The van der Waals surface area contributed by atoms with Crippen molar-refractivity contribution in [3.63, 3.8) is 0 Å². The van der Waals surface area contributed by atoms with Crippen LogP contribution in [0.25, 0.3) is 0 Å². The van der Waals surface area contributed by atoms with E-state index in [1.807, 2.05) is 0 Å². The van der Waals surface area contributed by atoms with Crippen LogP contribution in [-0.4, -0.2) is 13.4 Å². The van der Waals surface area contributed by atoms with Crippen LogP contribution in [0, 0.1) is 12.9 Å². The number of nitrogen functional groups attached to an aromatic ring is 1.